The highest BCUT2D eigenvalue weighted by atomic mass is 32.1. The monoisotopic (exact) mass is 143 g/mol. The molecule has 0 unspecified atom stereocenters. The van der Waals surface area contributed by atoms with E-state index in [2.05, 4.69) is 17.9 Å². The summed E-state index contributed by atoms with van der Waals surface area (Å²) in [4.78, 5) is 11.3. The molecule has 0 fully saturated rings. The van der Waals surface area contributed by atoms with E-state index in [9.17, 15) is 4.79 Å². The van der Waals surface area contributed by atoms with Crippen molar-refractivity contribution in [3.05, 3.63) is 10.5 Å². The molecule has 1 aliphatic heterocycles. The third-order valence-electron chi connectivity index (χ3n) is 1.40. The van der Waals surface area contributed by atoms with Gasteiger partial charge in [0, 0.05) is 6.54 Å². The molecule has 0 aromatic carbocycles. The van der Waals surface area contributed by atoms with Crippen molar-refractivity contribution in [3.8, 4) is 0 Å². The summed E-state index contributed by atoms with van der Waals surface area (Å²) in [6, 6.07) is 0. The molecule has 0 radical (unpaired) electrons. The lowest BCUT2D eigenvalue weighted by atomic mass is 10.1. The minimum Gasteiger partial charge on any atom is -0.351 e. The first-order valence-electron chi connectivity index (χ1n) is 2.88. The van der Waals surface area contributed by atoms with Gasteiger partial charge in [-0.2, -0.15) is 0 Å². The summed E-state index contributed by atoms with van der Waals surface area (Å²) >= 11 is 4.02. The van der Waals surface area contributed by atoms with Crippen molar-refractivity contribution in [1.29, 1.82) is 0 Å². The first-order valence-corrected chi connectivity index (χ1v) is 3.33. The molecule has 0 spiro atoms. The number of nitrogens with one attached hydrogen (secondary N) is 1. The van der Waals surface area contributed by atoms with Crippen LogP contribution < -0.4 is 5.32 Å². The zero-order valence-electron chi connectivity index (χ0n) is 5.27. The number of carbonyl (C=O) groups is 1. The predicted molar refractivity (Wildman–Crippen MR) is 39.3 cm³/mol. The lowest BCUT2D eigenvalue weighted by Gasteiger charge is -2.13. The molecule has 9 heavy (non-hydrogen) atoms. The lowest BCUT2D eigenvalue weighted by molar-refractivity contribution is -0.117. The molecule has 0 saturated carbocycles. The van der Waals surface area contributed by atoms with E-state index in [0.29, 0.717) is 4.91 Å². The molecule has 1 heterocycles. The van der Waals surface area contributed by atoms with Crippen LogP contribution in [0.3, 0.4) is 0 Å². The van der Waals surface area contributed by atoms with Gasteiger partial charge < -0.3 is 5.32 Å². The Balaban J connectivity index is 2.84. The molecule has 1 N–H and O–H groups in total. The smallest absolute Gasteiger partial charge is 0.257 e. The van der Waals surface area contributed by atoms with E-state index in [1.807, 2.05) is 6.92 Å². The van der Waals surface area contributed by atoms with Crippen LogP contribution in [0.5, 0.6) is 0 Å². The third kappa shape index (κ3) is 1.27. The Bertz CT molecular complexity index is 174. The minimum absolute atomic E-state index is 0.0397. The quantitative estimate of drug-likeness (QED) is 0.480. The third-order valence-corrected chi connectivity index (χ3v) is 1.99. The fourth-order valence-electron chi connectivity index (χ4n) is 0.759. The molecular weight excluding hydrogens is 134 g/mol. The average molecular weight is 143 g/mol. The summed E-state index contributed by atoms with van der Waals surface area (Å²) in [5, 5.41) is 2.69. The van der Waals surface area contributed by atoms with Gasteiger partial charge in [0.1, 0.15) is 0 Å². The molecule has 0 aromatic rings. The minimum atomic E-state index is -0.0397. The van der Waals surface area contributed by atoms with Crippen LogP contribution in [0.25, 0.3) is 0 Å². The highest BCUT2D eigenvalue weighted by Gasteiger charge is 2.12. The number of amides is 1. The van der Waals surface area contributed by atoms with E-state index in [-0.39, 0.29) is 5.91 Å². The topological polar surface area (TPSA) is 29.1 Å². The second kappa shape index (κ2) is 2.43. The van der Waals surface area contributed by atoms with Gasteiger partial charge in [0.05, 0.1) is 4.91 Å². The molecule has 3 heteroatoms. The van der Waals surface area contributed by atoms with E-state index in [4.69, 9.17) is 0 Å². The van der Waals surface area contributed by atoms with Crippen molar-refractivity contribution in [2.24, 2.45) is 0 Å². The zero-order chi connectivity index (χ0) is 6.85. The van der Waals surface area contributed by atoms with Crippen LogP contribution in [0.15, 0.2) is 10.5 Å². The number of hydrogen-bond donors (Lipinski definition) is 2. The Kier molecular flexibility index (Phi) is 1.81. The Labute approximate surface area is 59.7 Å². The van der Waals surface area contributed by atoms with E-state index >= 15 is 0 Å². The molecule has 0 atom stereocenters. The summed E-state index contributed by atoms with van der Waals surface area (Å²) in [6.45, 7) is 2.69. The normalized spacial score (nSPS) is 20.0. The molecule has 50 valence electrons. The number of thiol groups is 1. The Morgan fingerprint density at radius 1 is 1.67 bits per heavy atom. The van der Waals surface area contributed by atoms with Gasteiger partial charge >= 0.3 is 0 Å². The van der Waals surface area contributed by atoms with Gasteiger partial charge in [-0.1, -0.05) is 5.57 Å². The van der Waals surface area contributed by atoms with Crippen LogP contribution >= 0.6 is 12.6 Å². The second-order valence-corrected chi connectivity index (χ2v) is 2.58. The van der Waals surface area contributed by atoms with Gasteiger partial charge in [-0.05, 0) is 13.3 Å². The van der Waals surface area contributed by atoms with Crippen LogP contribution in [-0.2, 0) is 4.79 Å². The molecule has 2 nitrogen and oxygen atoms in total. The SMILES string of the molecule is CC1=C(S)C(=O)NCC1. The molecule has 0 aliphatic carbocycles. The first kappa shape index (κ1) is 6.68. The number of hydrogen-bond acceptors (Lipinski definition) is 2. The molecular formula is C6H9NOS. The van der Waals surface area contributed by atoms with Gasteiger partial charge in [0.25, 0.3) is 5.91 Å². The van der Waals surface area contributed by atoms with Crippen molar-refractivity contribution in [2.75, 3.05) is 6.54 Å². The first-order chi connectivity index (χ1) is 4.22. The van der Waals surface area contributed by atoms with Gasteiger partial charge in [0.15, 0.2) is 0 Å². The molecule has 1 rings (SSSR count). The molecule has 0 aromatic heterocycles. The largest absolute Gasteiger partial charge is 0.351 e. The summed E-state index contributed by atoms with van der Waals surface area (Å²) in [6.07, 6.45) is 0.935. The highest BCUT2D eigenvalue weighted by Crippen LogP contribution is 2.14. The zero-order valence-corrected chi connectivity index (χ0v) is 6.16. The molecule has 0 bridgehead atoms. The maximum absolute atomic E-state index is 10.8. The van der Waals surface area contributed by atoms with Gasteiger partial charge in [-0.3, -0.25) is 4.79 Å². The van der Waals surface area contributed by atoms with Crippen molar-refractivity contribution in [2.45, 2.75) is 13.3 Å². The second-order valence-electron chi connectivity index (χ2n) is 2.13. The molecule has 1 aliphatic rings. The van der Waals surface area contributed by atoms with Crippen molar-refractivity contribution in [3.63, 3.8) is 0 Å². The molecule has 0 saturated heterocycles. The van der Waals surface area contributed by atoms with Gasteiger partial charge in [-0.15, -0.1) is 12.6 Å². The summed E-state index contributed by atoms with van der Waals surface area (Å²) in [5.74, 6) is -0.0397. The van der Waals surface area contributed by atoms with E-state index in [1.54, 1.807) is 0 Å². The predicted octanol–water partition coefficient (Wildman–Crippen LogP) is 0.710. The fourth-order valence-corrected chi connectivity index (χ4v) is 0.950. The highest BCUT2D eigenvalue weighted by molar-refractivity contribution is 7.85. The standard InChI is InChI=1S/C6H9NOS/c1-4-2-3-7-6(8)5(4)9/h9H,2-3H2,1H3,(H,7,8). The van der Waals surface area contributed by atoms with Crippen molar-refractivity contribution < 1.29 is 4.79 Å². The van der Waals surface area contributed by atoms with Crippen LogP contribution in [0.2, 0.25) is 0 Å². The Hall–Kier alpha value is -0.440. The van der Waals surface area contributed by atoms with Crippen molar-refractivity contribution >= 4 is 18.5 Å². The van der Waals surface area contributed by atoms with Crippen molar-refractivity contribution in [1.82, 2.24) is 5.32 Å². The molecule has 1 amide bonds. The summed E-state index contributed by atoms with van der Waals surface area (Å²) in [5.41, 5.74) is 1.09. The lowest BCUT2D eigenvalue weighted by Crippen LogP contribution is -2.29. The maximum Gasteiger partial charge on any atom is 0.257 e. The van der Waals surface area contributed by atoms with E-state index < -0.39 is 0 Å². The van der Waals surface area contributed by atoms with E-state index in [0.717, 1.165) is 18.5 Å². The van der Waals surface area contributed by atoms with Crippen LogP contribution in [0.1, 0.15) is 13.3 Å². The fraction of sp³-hybridized carbons (Fsp3) is 0.500. The maximum atomic E-state index is 10.8. The van der Waals surface area contributed by atoms with E-state index in [1.165, 1.54) is 0 Å². The van der Waals surface area contributed by atoms with Crippen LogP contribution in [-0.4, -0.2) is 12.5 Å². The number of rotatable bonds is 0. The average Bonchev–Trinajstić information content (AvgIpc) is 1.83. The summed E-state index contributed by atoms with van der Waals surface area (Å²) in [7, 11) is 0. The van der Waals surface area contributed by atoms with Crippen LogP contribution in [0, 0.1) is 0 Å². The van der Waals surface area contributed by atoms with Gasteiger partial charge in [0.2, 0.25) is 0 Å². The Morgan fingerprint density at radius 2 is 2.33 bits per heavy atom. The number of carbonyl (C=O) groups excluding carboxylic acids is 1. The Morgan fingerprint density at radius 3 is 2.78 bits per heavy atom. The van der Waals surface area contributed by atoms with Gasteiger partial charge in [-0.25, -0.2) is 0 Å². The summed E-state index contributed by atoms with van der Waals surface area (Å²) < 4.78 is 0. The van der Waals surface area contributed by atoms with Crippen LogP contribution in [0.4, 0.5) is 0 Å².